The van der Waals surface area contributed by atoms with E-state index in [-0.39, 0.29) is 36.2 Å². The average Bonchev–Trinajstić information content (AvgIpc) is 1.71. The van der Waals surface area contributed by atoms with Crippen LogP contribution >= 0.6 is 96.9 Å². The zero-order chi connectivity index (χ0) is 87.3. The molecule has 28 nitrogen and oxygen atoms in total. The lowest BCUT2D eigenvalue weighted by Crippen LogP contribution is -2.50. The Kier molecular flexibility index (Phi) is 41.9. The predicted octanol–water partition coefficient (Wildman–Crippen LogP) is 13.6. The molecule has 0 saturated carbocycles. The summed E-state index contributed by atoms with van der Waals surface area (Å²) in [7, 11) is 15.3. The van der Waals surface area contributed by atoms with Gasteiger partial charge in [-0.2, -0.15) is 0 Å². The van der Waals surface area contributed by atoms with Crippen LogP contribution in [-0.2, 0) is 37.3 Å². The van der Waals surface area contributed by atoms with Crippen molar-refractivity contribution >= 4 is 144 Å². The molecule has 7 heterocycles. The highest BCUT2D eigenvalue weighted by atomic mass is 79.9. The largest absolute Gasteiger partial charge is 0.496 e. The number of para-hydroxylation sites is 1. The molecule has 6 aliphatic rings. The Balaban J connectivity index is 0.000000181. The Morgan fingerprint density at radius 3 is 1.23 bits per heavy atom. The van der Waals surface area contributed by atoms with Crippen LogP contribution in [0.25, 0.3) is 0 Å². The molecule has 6 N–H and O–H groups in total. The van der Waals surface area contributed by atoms with E-state index in [9.17, 15) is 33.6 Å². The van der Waals surface area contributed by atoms with E-state index in [0.717, 1.165) is 194 Å². The molecule has 6 aliphatic heterocycles. The number of likely N-dealkylation sites (N-methyl/N-ethyl adjacent to an activating group) is 6. The Morgan fingerprint density at radius 1 is 0.380 bits per heavy atom. The van der Waals surface area contributed by atoms with Crippen LogP contribution in [0.2, 0.25) is 30.1 Å². The lowest BCUT2D eigenvalue weighted by atomic mass is 10.1. The summed E-state index contributed by atoms with van der Waals surface area (Å²) in [5.41, 5.74) is 5.15. The molecule has 6 aromatic carbocycles. The van der Waals surface area contributed by atoms with Crippen LogP contribution in [0.3, 0.4) is 0 Å². The number of piperazine rings is 6. The fourth-order valence-corrected chi connectivity index (χ4v) is 15.3. The molecule has 0 aliphatic carbocycles. The van der Waals surface area contributed by atoms with Crippen molar-refractivity contribution in [1.82, 2.24) is 85.4 Å². The van der Waals surface area contributed by atoms with Crippen LogP contribution in [0.5, 0.6) is 17.2 Å². The summed E-state index contributed by atoms with van der Waals surface area (Å²) in [6.07, 6.45) is 0.808. The number of halogens is 7. The molecular formula is C85H113BrCl6N18O10S. The number of hydrogen-bond acceptors (Lipinski definition) is 17. The number of urea groups is 6. The summed E-state index contributed by atoms with van der Waals surface area (Å²) in [6, 6.07) is 40.8. The van der Waals surface area contributed by atoms with Gasteiger partial charge in [0.15, 0.2) is 0 Å². The van der Waals surface area contributed by atoms with Crippen LogP contribution in [-0.4, -0.2) is 321 Å². The third-order valence-corrected chi connectivity index (χ3v) is 24.1. The number of carbonyl (C=O) groups is 7. The molecule has 6 saturated heterocycles. The van der Waals surface area contributed by atoms with Crippen LogP contribution in [0, 0.1) is 0 Å². The van der Waals surface area contributed by atoms with Crippen LogP contribution in [0.1, 0.15) is 38.2 Å². The molecule has 7 aromatic rings. The average molecular weight is 1870 g/mol. The molecule has 36 heteroatoms. The SMILES string of the molecule is CN1CCN(C(=O)NCc2c(Cl)cccc2Cl)CC1.CN1CCN(C(=O)NCc2cc(Cl)ccc2Cl)CC1.CN1CCN(C(=O)NCc2ccc(Cl)c(Cl)c2)CC1.CN1CCN(C(=O)NCc2ccc(Oc3ccccc3)cc2)CC1.COC(=O)c1ccsc1NC(=O)N1CCN(C)CC1.COc1ccc(CCNC(=O)N2CCN(C)CC2)cc1Br. The number of hydrogen-bond donors (Lipinski definition) is 6. The van der Waals surface area contributed by atoms with Gasteiger partial charge in [0.1, 0.15) is 22.2 Å². The second kappa shape index (κ2) is 51.7. The number of esters is 1. The molecule has 0 radical (unpaired) electrons. The molecule has 12 amide bonds. The van der Waals surface area contributed by atoms with Crippen molar-refractivity contribution in [3.05, 3.63) is 207 Å². The van der Waals surface area contributed by atoms with Crippen molar-refractivity contribution in [2.24, 2.45) is 0 Å². The molecule has 0 atom stereocenters. The highest BCUT2D eigenvalue weighted by molar-refractivity contribution is 9.10. The number of carbonyl (C=O) groups excluding carboxylic acids is 7. The summed E-state index contributed by atoms with van der Waals surface area (Å²) >= 11 is 40.7. The van der Waals surface area contributed by atoms with Gasteiger partial charge in [0.2, 0.25) is 0 Å². The monoisotopic (exact) mass is 1870 g/mol. The smallest absolute Gasteiger partial charge is 0.340 e. The van der Waals surface area contributed by atoms with Crippen LogP contribution in [0.15, 0.2) is 143 Å². The van der Waals surface area contributed by atoms with Crippen LogP contribution in [0.4, 0.5) is 33.8 Å². The number of nitrogens with zero attached hydrogens (tertiary/aromatic N) is 12. The van der Waals surface area contributed by atoms with Gasteiger partial charge in [-0.1, -0.05) is 118 Å². The Hall–Kier alpha value is -8.31. The van der Waals surface area contributed by atoms with E-state index in [1.807, 2.05) is 110 Å². The van der Waals surface area contributed by atoms with E-state index in [1.54, 1.807) is 72.0 Å². The highest BCUT2D eigenvalue weighted by Gasteiger charge is 2.26. The molecule has 0 bridgehead atoms. The minimum Gasteiger partial charge on any atom is -0.496 e. The molecule has 0 spiro atoms. The van der Waals surface area contributed by atoms with Gasteiger partial charge >= 0.3 is 42.2 Å². The number of benzene rings is 6. The Bertz CT molecular complexity index is 4390. The number of nitrogens with one attached hydrogen (secondary N) is 6. The van der Waals surface area contributed by atoms with Crippen molar-refractivity contribution in [2.45, 2.75) is 32.6 Å². The van der Waals surface area contributed by atoms with Crippen molar-refractivity contribution in [1.29, 1.82) is 0 Å². The fourth-order valence-electron chi connectivity index (χ4n) is 12.7. The van der Waals surface area contributed by atoms with Gasteiger partial charge in [0.05, 0.1) is 34.3 Å². The minimum absolute atomic E-state index is 0.00714. The van der Waals surface area contributed by atoms with Gasteiger partial charge < -0.3 is 99.6 Å². The molecule has 1 aromatic heterocycles. The highest BCUT2D eigenvalue weighted by Crippen LogP contribution is 2.29. The Morgan fingerprint density at radius 2 is 0.785 bits per heavy atom. The fraction of sp³-hybridized carbons (Fsp3) is 0.447. The first-order valence-corrected chi connectivity index (χ1v) is 44.0. The minimum atomic E-state index is -0.435. The first kappa shape index (κ1) is 98.1. The van der Waals surface area contributed by atoms with Crippen molar-refractivity contribution in [3.63, 3.8) is 0 Å². The van der Waals surface area contributed by atoms with E-state index in [4.69, 9.17) is 79.1 Å². The summed E-state index contributed by atoms with van der Waals surface area (Å²) in [4.78, 5) is 108. The van der Waals surface area contributed by atoms with Crippen molar-refractivity contribution in [2.75, 3.05) is 225 Å². The number of amides is 12. The van der Waals surface area contributed by atoms with Crippen molar-refractivity contribution < 1.29 is 47.8 Å². The zero-order valence-corrected chi connectivity index (χ0v) is 76.9. The van der Waals surface area contributed by atoms with Crippen LogP contribution < -0.4 is 41.4 Å². The van der Waals surface area contributed by atoms with Crippen molar-refractivity contribution in [3.8, 4) is 17.2 Å². The number of anilines is 1. The number of thiophene rings is 1. The number of methoxy groups -OCH3 is 2. The molecule has 6 fully saturated rings. The maximum atomic E-state index is 12.2. The predicted molar refractivity (Wildman–Crippen MR) is 488 cm³/mol. The topological polar surface area (TPSA) is 258 Å². The van der Waals surface area contributed by atoms with Gasteiger partial charge in [-0.3, -0.25) is 5.32 Å². The van der Waals surface area contributed by atoms with Gasteiger partial charge in [-0.15, -0.1) is 11.3 Å². The lowest BCUT2D eigenvalue weighted by Gasteiger charge is -2.32. The zero-order valence-electron chi connectivity index (χ0n) is 70.0. The second-order valence-electron chi connectivity index (χ2n) is 29.7. The molecular weight excluding hydrogens is 1760 g/mol. The number of ether oxygens (including phenoxy) is 3. The van der Waals surface area contributed by atoms with Gasteiger partial charge in [0, 0.05) is 215 Å². The Labute approximate surface area is 753 Å². The summed E-state index contributed by atoms with van der Waals surface area (Å²) < 4.78 is 16.6. The number of rotatable bonds is 16. The lowest BCUT2D eigenvalue weighted by molar-refractivity contribution is 0.0602. The quantitative estimate of drug-likeness (QED) is 0.0492. The van der Waals surface area contributed by atoms with Gasteiger partial charge in [-0.25, -0.2) is 33.6 Å². The van der Waals surface area contributed by atoms with Gasteiger partial charge in [-0.05, 0) is 177 Å². The second-order valence-corrected chi connectivity index (χ2v) is 33.9. The summed E-state index contributed by atoms with van der Waals surface area (Å²) in [5.74, 6) is 1.99. The maximum Gasteiger partial charge on any atom is 0.340 e. The van der Waals surface area contributed by atoms with E-state index in [1.165, 1.54) is 24.0 Å². The molecule has 121 heavy (non-hydrogen) atoms. The van der Waals surface area contributed by atoms with Gasteiger partial charge in [0.25, 0.3) is 0 Å². The maximum absolute atomic E-state index is 12.2. The molecule has 658 valence electrons. The molecule has 13 rings (SSSR count). The normalized spacial score (nSPS) is 16.1. The van der Waals surface area contributed by atoms with E-state index >= 15 is 0 Å². The summed E-state index contributed by atoms with van der Waals surface area (Å²) in [5, 5.41) is 23.1. The van der Waals surface area contributed by atoms with E-state index in [0.29, 0.717) is 86.5 Å². The van der Waals surface area contributed by atoms with E-state index < -0.39 is 5.97 Å². The standard InChI is InChI=1S/C19H23N3O2.C15H22BrN3O2.3C13H17Cl2N3O.C12H17N3O3S/c1-21-11-13-22(14-12-21)19(23)20-15-16-7-9-18(10-8-16)24-17-5-3-2-4-6-17;1-18-7-9-19(10-8-18)15(20)17-6-5-12-3-4-14(21-2)13(16)11-12;1-17-4-6-18(7-5-17)13(19)16-9-10-8-11(14)2-3-12(10)15;1-17-4-6-18(7-5-17)13(19)16-9-10-2-3-11(14)12(15)8-10;1-17-5-7-18(8-6-17)13(19)16-9-10-11(14)3-2-4-12(10)15;1-14-4-6-15(7-5-14)12(17)13-10-9(3-8-19-10)11(16)18-2/h2-10H,11-15H2,1H3,(H,20,23);3-4,11H,5-10H2,1-2H3,(H,17,20);2*2-3,8H,4-7,9H2,1H3,(H,16,19);2-4H,5-9H2,1H3,(H,16,19);3,8H,4-7H2,1-2H3,(H,13,17). The summed E-state index contributed by atoms with van der Waals surface area (Å²) in [6.45, 7) is 22.4. The molecule has 0 unspecified atom stereocenters. The first-order valence-electron chi connectivity index (χ1n) is 40.0. The van der Waals surface area contributed by atoms with E-state index in [2.05, 4.69) is 117 Å². The third kappa shape index (κ3) is 34.0. The third-order valence-electron chi connectivity index (χ3n) is 20.6. The first-order chi connectivity index (χ1) is 58.1.